The van der Waals surface area contributed by atoms with E-state index >= 15 is 0 Å². The van der Waals surface area contributed by atoms with E-state index in [1.54, 1.807) is 19.1 Å². The van der Waals surface area contributed by atoms with Crippen molar-refractivity contribution < 1.29 is 9.18 Å². The monoisotopic (exact) mass is 207 g/mol. The Morgan fingerprint density at radius 2 is 2.27 bits per heavy atom. The first-order valence-electron chi connectivity index (χ1n) is 5.30. The van der Waals surface area contributed by atoms with E-state index in [4.69, 9.17) is 0 Å². The van der Waals surface area contributed by atoms with Gasteiger partial charge in [0.1, 0.15) is 5.82 Å². The zero-order valence-electron chi connectivity index (χ0n) is 8.72. The van der Waals surface area contributed by atoms with Gasteiger partial charge in [-0.05, 0) is 36.5 Å². The Balaban J connectivity index is 2.14. The van der Waals surface area contributed by atoms with Crippen LogP contribution in [0.15, 0.2) is 18.2 Å². The van der Waals surface area contributed by atoms with Gasteiger partial charge in [0.15, 0.2) is 0 Å². The van der Waals surface area contributed by atoms with Gasteiger partial charge in [0.2, 0.25) is 5.91 Å². The fraction of sp³-hybridized carbons (Fsp3) is 0.417. The molecule has 1 aromatic carbocycles. The molecule has 0 unspecified atom stereocenters. The van der Waals surface area contributed by atoms with Crippen LogP contribution in [0.4, 0.5) is 10.1 Å². The van der Waals surface area contributed by atoms with Crippen LogP contribution in [0.2, 0.25) is 0 Å². The van der Waals surface area contributed by atoms with Crippen LogP contribution in [-0.2, 0) is 4.79 Å². The number of hydrogen-bond donors (Lipinski definition) is 1. The Labute approximate surface area is 88.5 Å². The normalized spacial score (nSPS) is 15.1. The summed E-state index contributed by atoms with van der Waals surface area (Å²) in [6, 6.07) is 4.95. The van der Waals surface area contributed by atoms with Crippen LogP contribution >= 0.6 is 0 Å². The molecule has 0 saturated heterocycles. The predicted octanol–water partition coefficient (Wildman–Crippen LogP) is 3.05. The van der Waals surface area contributed by atoms with Crippen LogP contribution in [0, 0.1) is 5.82 Å². The van der Waals surface area contributed by atoms with Crippen molar-refractivity contribution >= 4 is 11.6 Å². The molecule has 0 heterocycles. The van der Waals surface area contributed by atoms with Crippen LogP contribution in [0.25, 0.3) is 0 Å². The van der Waals surface area contributed by atoms with Crippen LogP contribution in [0.3, 0.4) is 0 Å². The average molecular weight is 207 g/mol. The van der Waals surface area contributed by atoms with E-state index in [2.05, 4.69) is 5.32 Å². The van der Waals surface area contributed by atoms with Gasteiger partial charge in [0, 0.05) is 12.1 Å². The molecule has 2 rings (SSSR count). The molecule has 3 heteroatoms. The highest BCUT2D eigenvalue weighted by molar-refractivity contribution is 5.90. The number of carbonyl (C=O) groups is 1. The molecular weight excluding hydrogens is 193 g/mol. The number of amides is 1. The van der Waals surface area contributed by atoms with Crippen molar-refractivity contribution in [3.05, 3.63) is 29.6 Å². The fourth-order valence-corrected chi connectivity index (χ4v) is 1.58. The average Bonchev–Trinajstić information content (AvgIpc) is 3.01. The SMILES string of the molecule is CCC(=O)Nc1ccc(C2CC2)c(F)c1. The molecular formula is C12H14FNO. The molecule has 2 nitrogen and oxygen atoms in total. The van der Waals surface area contributed by atoms with Gasteiger partial charge >= 0.3 is 0 Å². The van der Waals surface area contributed by atoms with Crippen molar-refractivity contribution in [2.45, 2.75) is 32.1 Å². The Hall–Kier alpha value is -1.38. The fourth-order valence-electron chi connectivity index (χ4n) is 1.58. The van der Waals surface area contributed by atoms with Gasteiger partial charge in [0.05, 0.1) is 0 Å². The summed E-state index contributed by atoms with van der Waals surface area (Å²) < 4.78 is 13.5. The molecule has 1 aromatic rings. The summed E-state index contributed by atoms with van der Waals surface area (Å²) >= 11 is 0. The number of carbonyl (C=O) groups excluding carboxylic acids is 1. The molecule has 1 aliphatic rings. The quantitative estimate of drug-likeness (QED) is 0.810. The molecule has 0 bridgehead atoms. The van der Waals surface area contributed by atoms with Gasteiger partial charge in [-0.15, -0.1) is 0 Å². The van der Waals surface area contributed by atoms with E-state index in [0.29, 0.717) is 18.0 Å². The number of benzene rings is 1. The second-order valence-corrected chi connectivity index (χ2v) is 3.91. The van der Waals surface area contributed by atoms with E-state index in [1.807, 2.05) is 0 Å². The summed E-state index contributed by atoms with van der Waals surface area (Å²) in [6.07, 6.45) is 2.57. The molecule has 1 fully saturated rings. The van der Waals surface area contributed by atoms with Gasteiger partial charge in [-0.1, -0.05) is 13.0 Å². The highest BCUT2D eigenvalue weighted by Crippen LogP contribution is 2.41. The Bertz CT molecular complexity index is 385. The molecule has 0 radical (unpaired) electrons. The first-order chi connectivity index (χ1) is 7.20. The molecule has 0 aromatic heterocycles. The number of halogens is 1. The largest absolute Gasteiger partial charge is 0.326 e. The maximum absolute atomic E-state index is 13.5. The third-order valence-corrected chi connectivity index (χ3v) is 2.62. The third-order valence-electron chi connectivity index (χ3n) is 2.62. The summed E-state index contributed by atoms with van der Waals surface area (Å²) in [7, 11) is 0. The standard InChI is InChI=1S/C12H14FNO/c1-2-12(15)14-9-5-6-10(8-3-4-8)11(13)7-9/h5-8H,2-4H2,1H3,(H,14,15). The Kier molecular flexibility index (Phi) is 2.71. The third kappa shape index (κ3) is 2.35. The van der Waals surface area contributed by atoms with Crippen LogP contribution in [0.1, 0.15) is 37.7 Å². The van der Waals surface area contributed by atoms with E-state index in [-0.39, 0.29) is 11.7 Å². The van der Waals surface area contributed by atoms with Crippen molar-refractivity contribution in [1.29, 1.82) is 0 Å². The minimum absolute atomic E-state index is 0.0893. The van der Waals surface area contributed by atoms with Crippen molar-refractivity contribution in [3.8, 4) is 0 Å². The first-order valence-corrected chi connectivity index (χ1v) is 5.30. The second-order valence-electron chi connectivity index (χ2n) is 3.91. The maximum Gasteiger partial charge on any atom is 0.224 e. The molecule has 80 valence electrons. The molecule has 1 N–H and O–H groups in total. The molecule has 0 spiro atoms. The zero-order chi connectivity index (χ0) is 10.8. The van der Waals surface area contributed by atoms with E-state index in [9.17, 15) is 9.18 Å². The van der Waals surface area contributed by atoms with Crippen molar-refractivity contribution in [3.63, 3.8) is 0 Å². The number of rotatable bonds is 3. The highest BCUT2D eigenvalue weighted by Gasteiger charge is 2.26. The molecule has 1 aliphatic carbocycles. The first kappa shape index (κ1) is 10.1. The van der Waals surface area contributed by atoms with Crippen LogP contribution in [0.5, 0.6) is 0 Å². The highest BCUT2D eigenvalue weighted by atomic mass is 19.1. The molecule has 0 atom stereocenters. The lowest BCUT2D eigenvalue weighted by molar-refractivity contribution is -0.115. The summed E-state index contributed by atoms with van der Waals surface area (Å²) in [5.41, 5.74) is 1.33. The van der Waals surface area contributed by atoms with Crippen LogP contribution in [-0.4, -0.2) is 5.91 Å². The summed E-state index contributed by atoms with van der Waals surface area (Å²) in [5.74, 6) is 0.112. The molecule has 15 heavy (non-hydrogen) atoms. The molecule has 1 saturated carbocycles. The predicted molar refractivity (Wildman–Crippen MR) is 57.3 cm³/mol. The van der Waals surface area contributed by atoms with Gasteiger partial charge in [0.25, 0.3) is 0 Å². The van der Waals surface area contributed by atoms with Crippen molar-refractivity contribution in [2.75, 3.05) is 5.32 Å². The van der Waals surface area contributed by atoms with Gasteiger partial charge in [-0.25, -0.2) is 4.39 Å². The number of hydrogen-bond acceptors (Lipinski definition) is 1. The second kappa shape index (κ2) is 4.01. The number of nitrogens with one attached hydrogen (secondary N) is 1. The van der Waals surface area contributed by atoms with Gasteiger partial charge in [-0.2, -0.15) is 0 Å². The molecule has 1 amide bonds. The Morgan fingerprint density at radius 1 is 1.53 bits per heavy atom. The number of anilines is 1. The van der Waals surface area contributed by atoms with E-state index < -0.39 is 0 Å². The minimum atomic E-state index is -0.202. The molecule has 0 aliphatic heterocycles. The van der Waals surface area contributed by atoms with Crippen LogP contribution < -0.4 is 5.32 Å². The van der Waals surface area contributed by atoms with Crippen molar-refractivity contribution in [1.82, 2.24) is 0 Å². The van der Waals surface area contributed by atoms with Crippen molar-refractivity contribution in [2.24, 2.45) is 0 Å². The smallest absolute Gasteiger partial charge is 0.224 e. The summed E-state index contributed by atoms with van der Waals surface area (Å²) in [5, 5.41) is 2.64. The van der Waals surface area contributed by atoms with E-state index in [0.717, 1.165) is 18.4 Å². The van der Waals surface area contributed by atoms with E-state index in [1.165, 1.54) is 6.07 Å². The summed E-state index contributed by atoms with van der Waals surface area (Å²) in [6.45, 7) is 1.77. The maximum atomic E-state index is 13.5. The lowest BCUT2D eigenvalue weighted by Gasteiger charge is -2.06. The Morgan fingerprint density at radius 3 is 2.80 bits per heavy atom. The van der Waals surface area contributed by atoms with Gasteiger partial charge in [-0.3, -0.25) is 4.79 Å². The minimum Gasteiger partial charge on any atom is -0.326 e. The van der Waals surface area contributed by atoms with Gasteiger partial charge < -0.3 is 5.32 Å². The topological polar surface area (TPSA) is 29.1 Å². The summed E-state index contributed by atoms with van der Waals surface area (Å²) in [4.78, 5) is 11.1. The zero-order valence-corrected chi connectivity index (χ0v) is 8.72. The lowest BCUT2D eigenvalue weighted by atomic mass is 10.1. The lowest BCUT2D eigenvalue weighted by Crippen LogP contribution is -2.09.